The number of aromatic nitrogens is 1. The van der Waals surface area contributed by atoms with Crippen LogP contribution in [0.2, 0.25) is 0 Å². The SMILES string of the molecule is O=C1[C@@H]2C[C@H](NCc3cccc4cccnc34)CN2C(=O)[C@H]2CCCN12. The number of nitrogens with zero attached hydrogens (tertiary/aromatic N) is 3. The molecule has 1 aromatic carbocycles. The van der Waals surface area contributed by atoms with Gasteiger partial charge in [0.15, 0.2) is 0 Å². The zero-order valence-electron chi connectivity index (χ0n) is 14.6. The summed E-state index contributed by atoms with van der Waals surface area (Å²) in [6.07, 6.45) is 4.27. The molecule has 3 fully saturated rings. The van der Waals surface area contributed by atoms with Gasteiger partial charge in [-0.15, -0.1) is 0 Å². The lowest BCUT2D eigenvalue weighted by molar-refractivity contribution is -0.156. The molecule has 6 nitrogen and oxygen atoms in total. The Morgan fingerprint density at radius 1 is 1.08 bits per heavy atom. The topological polar surface area (TPSA) is 65.5 Å². The third kappa shape index (κ3) is 2.40. The molecule has 3 saturated heterocycles. The second-order valence-electron chi connectivity index (χ2n) is 7.50. The number of para-hydroxylation sites is 1. The number of carbonyl (C=O) groups is 2. The van der Waals surface area contributed by atoms with E-state index in [1.165, 1.54) is 0 Å². The maximum Gasteiger partial charge on any atom is 0.246 e. The molecule has 0 saturated carbocycles. The van der Waals surface area contributed by atoms with Crippen LogP contribution in [0, 0.1) is 0 Å². The minimum atomic E-state index is -0.278. The zero-order chi connectivity index (χ0) is 17.7. The Balaban J connectivity index is 1.31. The van der Waals surface area contributed by atoms with E-state index in [2.05, 4.69) is 28.5 Å². The molecule has 134 valence electrons. The lowest BCUT2D eigenvalue weighted by atomic mass is 10.1. The van der Waals surface area contributed by atoms with Crippen LogP contribution >= 0.6 is 0 Å². The van der Waals surface area contributed by atoms with E-state index in [9.17, 15) is 9.59 Å². The molecular weight excluding hydrogens is 328 g/mol. The van der Waals surface area contributed by atoms with E-state index < -0.39 is 0 Å². The Labute approximate surface area is 152 Å². The first-order valence-electron chi connectivity index (χ1n) is 9.39. The Morgan fingerprint density at radius 3 is 2.85 bits per heavy atom. The van der Waals surface area contributed by atoms with Crippen LogP contribution in [-0.4, -0.2) is 57.8 Å². The molecule has 1 N–H and O–H groups in total. The van der Waals surface area contributed by atoms with Crippen LogP contribution in [0.15, 0.2) is 36.5 Å². The van der Waals surface area contributed by atoms with Crippen LogP contribution in [0.4, 0.5) is 0 Å². The highest BCUT2D eigenvalue weighted by molar-refractivity contribution is 5.98. The number of pyridine rings is 1. The molecular formula is C20H22N4O2. The first kappa shape index (κ1) is 15.8. The molecule has 0 radical (unpaired) electrons. The van der Waals surface area contributed by atoms with E-state index >= 15 is 0 Å². The fraction of sp³-hybridized carbons (Fsp3) is 0.450. The highest BCUT2D eigenvalue weighted by Crippen LogP contribution is 2.32. The molecule has 3 aliphatic rings. The first-order valence-corrected chi connectivity index (χ1v) is 9.39. The van der Waals surface area contributed by atoms with Crippen LogP contribution in [0.1, 0.15) is 24.8 Å². The monoisotopic (exact) mass is 350 g/mol. The molecule has 26 heavy (non-hydrogen) atoms. The summed E-state index contributed by atoms with van der Waals surface area (Å²) < 4.78 is 0. The lowest BCUT2D eigenvalue weighted by Gasteiger charge is -2.38. The van der Waals surface area contributed by atoms with Gasteiger partial charge in [0.1, 0.15) is 12.1 Å². The van der Waals surface area contributed by atoms with Crippen molar-refractivity contribution in [1.82, 2.24) is 20.1 Å². The summed E-state index contributed by atoms with van der Waals surface area (Å²) in [6.45, 7) is 2.05. The molecule has 2 amide bonds. The highest BCUT2D eigenvalue weighted by atomic mass is 16.2. The average molecular weight is 350 g/mol. The van der Waals surface area contributed by atoms with Gasteiger partial charge in [0.2, 0.25) is 11.8 Å². The molecule has 0 unspecified atom stereocenters. The van der Waals surface area contributed by atoms with Crippen molar-refractivity contribution in [1.29, 1.82) is 0 Å². The van der Waals surface area contributed by atoms with Crippen LogP contribution in [0.3, 0.4) is 0 Å². The number of rotatable bonds is 3. The van der Waals surface area contributed by atoms with Crippen molar-refractivity contribution in [3.63, 3.8) is 0 Å². The Morgan fingerprint density at radius 2 is 1.92 bits per heavy atom. The van der Waals surface area contributed by atoms with Gasteiger partial charge >= 0.3 is 0 Å². The van der Waals surface area contributed by atoms with Crippen molar-refractivity contribution < 1.29 is 9.59 Å². The van der Waals surface area contributed by atoms with E-state index in [4.69, 9.17) is 0 Å². The molecule has 0 spiro atoms. The van der Waals surface area contributed by atoms with Gasteiger partial charge in [0, 0.05) is 37.3 Å². The minimum Gasteiger partial charge on any atom is -0.329 e. The second kappa shape index (κ2) is 6.06. The van der Waals surface area contributed by atoms with Gasteiger partial charge in [0.25, 0.3) is 0 Å². The van der Waals surface area contributed by atoms with Gasteiger partial charge in [-0.25, -0.2) is 0 Å². The van der Waals surface area contributed by atoms with E-state index in [-0.39, 0.29) is 29.9 Å². The number of nitrogens with one attached hydrogen (secondary N) is 1. The van der Waals surface area contributed by atoms with E-state index in [1.807, 2.05) is 23.2 Å². The summed E-state index contributed by atoms with van der Waals surface area (Å²) in [7, 11) is 0. The Hall–Kier alpha value is -2.47. The number of hydrogen-bond acceptors (Lipinski definition) is 4. The Kier molecular flexibility index (Phi) is 3.67. The first-order chi connectivity index (χ1) is 12.7. The summed E-state index contributed by atoms with van der Waals surface area (Å²) >= 11 is 0. The molecule has 3 atom stereocenters. The van der Waals surface area contributed by atoms with Gasteiger partial charge < -0.3 is 15.1 Å². The standard InChI is InChI=1S/C20H22N4O2/c25-19-16-7-3-9-23(16)20(26)17-10-15(12-24(17)19)22-11-14-5-1-4-13-6-2-8-21-18(13)14/h1-2,4-6,8,15-17,22H,3,7,9-12H2/t15-,16+,17-/m0/s1. The van der Waals surface area contributed by atoms with Crippen molar-refractivity contribution in [3.05, 3.63) is 42.1 Å². The maximum atomic E-state index is 12.7. The van der Waals surface area contributed by atoms with Crippen molar-refractivity contribution in [2.75, 3.05) is 13.1 Å². The van der Waals surface area contributed by atoms with Crippen LogP contribution in [0.25, 0.3) is 10.9 Å². The van der Waals surface area contributed by atoms with Gasteiger partial charge in [-0.1, -0.05) is 24.3 Å². The predicted octanol–water partition coefficient (Wildman–Crippen LogP) is 1.30. The smallest absolute Gasteiger partial charge is 0.246 e. The fourth-order valence-corrected chi connectivity index (χ4v) is 4.70. The summed E-state index contributed by atoms with van der Waals surface area (Å²) in [5, 5.41) is 4.68. The normalized spacial score (nSPS) is 27.9. The third-order valence-corrected chi connectivity index (χ3v) is 5.99. The highest BCUT2D eigenvalue weighted by Gasteiger charge is 2.51. The maximum absolute atomic E-state index is 12.7. The third-order valence-electron chi connectivity index (χ3n) is 5.99. The van der Waals surface area contributed by atoms with Gasteiger partial charge in [-0.2, -0.15) is 0 Å². The van der Waals surface area contributed by atoms with Crippen LogP contribution in [-0.2, 0) is 16.1 Å². The van der Waals surface area contributed by atoms with Crippen LogP contribution < -0.4 is 5.32 Å². The molecule has 5 rings (SSSR count). The fourth-order valence-electron chi connectivity index (χ4n) is 4.70. The number of hydrogen-bond donors (Lipinski definition) is 1. The van der Waals surface area contributed by atoms with E-state index in [0.29, 0.717) is 19.5 Å². The van der Waals surface area contributed by atoms with Gasteiger partial charge in [-0.3, -0.25) is 14.6 Å². The summed E-state index contributed by atoms with van der Waals surface area (Å²) in [5.74, 6) is 0.284. The van der Waals surface area contributed by atoms with Crippen molar-refractivity contribution in [3.8, 4) is 0 Å². The molecule has 3 aliphatic heterocycles. The van der Waals surface area contributed by atoms with Crippen molar-refractivity contribution >= 4 is 22.7 Å². The summed E-state index contributed by atoms with van der Waals surface area (Å²) in [4.78, 5) is 33.6. The minimum absolute atomic E-state index is 0.142. The molecule has 4 heterocycles. The number of benzene rings is 1. The van der Waals surface area contributed by atoms with E-state index in [0.717, 1.165) is 35.9 Å². The second-order valence-corrected chi connectivity index (χ2v) is 7.50. The number of piperazine rings is 1. The predicted molar refractivity (Wildman–Crippen MR) is 97.2 cm³/mol. The molecule has 1 aromatic heterocycles. The van der Waals surface area contributed by atoms with E-state index in [1.54, 1.807) is 4.90 Å². The quantitative estimate of drug-likeness (QED) is 0.906. The number of fused-ring (bicyclic) bond motifs is 3. The largest absolute Gasteiger partial charge is 0.329 e. The van der Waals surface area contributed by atoms with Gasteiger partial charge in [0.05, 0.1) is 5.52 Å². The van der Waals surface area contributed by atoms with Crippen LogP contribution in [0.5, 0.6) is 0 Å². The summed E-state index contributed by atoms with van der Waals surface area (Å²) in [6, 6.07) is 9.85. The average Bonchev–Trinajstić information content (AvgIpc) is 3.32. The van der Waals surface area contributed by atoms with Crippen molar-refractivity contribution in [2.24, 2.45) is 0 Å². The Bertz CT molecular complexity index is 848. The molecule has 0 bridgehead atoms. The number of amides is 2. The number of carbonyl (C=O) groups excluding carboxylic acids is 2. The molecule has 6 heteroatoms. The van der Waals surface area contributed by atoms with Crippen molar-refractivity contribution in [2.45, 2.75) is 43.9 Å². The van der Waals surface area contributed by atoms with Gasteiger partial charge in [-0.05, 0) is 30.9 Å². The molecule has 0 aliphatic carbocycles. The summed E-state index contributed by atoms with van der Waals surface area (Å²) in [5.41, 5.74) is 2.15. The lowest BCUT2D eigenvalue weighted by Crippen LogP contribution is -2.60. The molecule has 2 aromatic rings. The zero-order valence-corrected chi connectivity index (χ0v) is 14.6.